The highest BCUT2D eigenvalue weighted by atomic mass is 16.7. The molecule has 0 aromatic carbocycles. The second-order valence-corrected chi connectivity index (χ2v) is 3.36. The lowest BCUT2D eigenvalue weighted by atomic mass is 10.2. The minimum atomic E-state index is -1.10. The summed E-state index contributed by atoms with van der Waals surface area (Å²) in [7, 11) is 4.24. The van der Waals surface area contributed by atoms with Gasteiger partial charge in [0.25, 0.3) is 5.91 Å². The van der Waals surface area contributed by atoms with Crippen LogP contribution in [0.3, 0.4) is 0 Å². The average molecular weight is 202 g/mol. The molecule has 6 nitrogen and oxygen atoms in total. The predicted octanol–water partition coefficient (Wildman–Crippen LogP) is 0.149. The summed E-state index contributed by atoms with van der Waals surface area (Å²) in [6, 6.07) is 0. The molecule has 1 rings (SSSR count). The highest BCUT2D eigenvalue weighted by Gasteiger charge is 2.56. The number of likely N-dealkylation sites (N-methyl/N-ethyl adjacent to an activating group) is 2. The molecule has 0 aliphatic heterocycles. The Hall–Kier alpha value is -1.30. The number of amides is 2. The zero-order valence-electron chi connectivity index (χ0n) is 8.48. The van der Waals surface area contributed by atoms with Gasteiger partial charge < -0.3 is 5.11 Å². The Labute approximate surface area is 82.0 Å². The first-order chi connectivity index (χ1) is 6.45. The van der Waals surface area contributed by atoms with Crippen LogP contribution in [0.15, 0.2) is 0 Å². The van der Waals surface area contributed by atoms with Crippen LogP contribution >= 0.6 is 0 Å². The maximum atomic E-state index is 11.7. The monoisotopic (exact) mass is 202 g/mol. The number of hydroxylamine groups is 2. The molecule has 1 aliphatic carbocycles. The largest absolute Gasteiger partial charge is 0.465 e. The van der Waals surface area contributed by atoms with Gasteiger partial charge in [0, 0.05) is 14.1 Å². The number of hydrogen-bond acceptors (Lipinski definition) is 3. The molecular weight excluding hydrogens is 188 g/mol. The number of carbonyl (C=O) groups excluding carboxylic acids is 1. The third-order valence-electron chi connectivity index (χ3n) is 2.61. The Morgan fingerprint density at radius 2 is 1.86 bits per heavy atom. The summed E-state index contributed by atoms with van der Waals surface area (Å²) in [4.78, 5) is 28.2. The first-order valence-electron chi connectivity index (χ1n) is 4.25. The van der Waals surface area contributed by atoms with Crippen molar-refractivity contribution in [1.82, 2.24) is 9.96 Å². The van der Waals surface area contributed by atoms with Gasteiger partial charge in [-0.1, -0.05) is 0 Å². The SMILES string of the molecule is CON(C)C(=O)C1(N(C)C(=O)O)CC1. The molecule has 80 valence electrons. The van der Waals surface area contributed by atoms with Crippen LogP contribution in [0.2, 0.25) is 0 Å². The molecule has 0 bridgehead atoms. The predicted molar refractivity (Wildman–Crippen MR) is 47.5 cm³/mol. The second-order valence-electron chi connectivity index (χ2n) is 3.36. The Balaban J connectivity index is 2.76. The van der Waals surface area contributed by atoms with Crippen LogP contribution in [0.1, 0.15) is 12.8 Å². The molecule has 0 spiro atoms. The van der Waals surface area contributed by atoms with Crippen LogP contribution in [-0.4, -0.2) is 53.8 Å². The van der Waals surface area contributed by atoms with E-state index in [-0.39, 0.29) is 5.91 Å². The van der Waals surface area contributed by atoms with Crippen molar-refractivity contribution in [3.8, 4) is 0 Å². The zero-order chi connectivity index (χ0) is 10.9. The lowest BCUT2D eigenvalue weighted by Crippen LogP contribution is -2.49. The minimum absolute atomic E-state index is 0.315. The van der Waals surface area contributed by atoms with E-state index in [9.17, 15) is 9.59 Å². The third kappa shape index (κ3) is 1.52. The quantitative estimate of drug-likeness (QED) is 0.661. The zero-order valence-corrected chi connectivity index (χ0v) is 8.48. The van der Waals surface area contributed by atoms with Gasteiger partial charge in [-0.3, -0.25) is 14.5 Å². The highest BCUT2D eigenvalue weighted by molar-refractivity contribution is 5.91. The summed E-state index contributed by atoms with van der Waals surface area (Å²) in [6.45, 7) is 0. The van der Waals surface area contributed by atoms with Crippen LogP contribution in [0.25, 0.3) is 0 Å². The van der Waals surface area contributed by atoms with Gasteiger partial charge in [-0.25, -0.2) is 9.86 Å². The summed E-state index contributed by atoms with van der Waals surface area (Å²) in [5.74, 6) is -0.315. The van der Waals surface area contributed by atoms with E-state index in [2.05, 4.69) is 0 Å². The van der Waals surface area contributed by atoms with E-state index < -0.39 is 11.6 Å². The standard InChI is InChI=1S/C8H14N2O4/c1-9(7(12)13)8(4-5-8)6(11)10(2)14-3/h4-5H2,1-3H3,(H,12,13). The Morgan fingerprint density at radius 3 is 2.14 bits per heavy atom. The van der Waals surface area contributed by atoms with E-state index in [4.69, 9.17) is 9.94 Å². The molecule has 2 amide bonds. The number of hydrogen-bond donors (Lipinski definition) is 1. The van der Waals surface area contributed by atoms with Gasteiger partial charge in [0.15, 0.2) is 0 Å². The van der Waals surface area contributed by atoms with Crippen LogP contribution in [-0.2, 0) is 9.63 Å². The molecule has 0 aromatic heterocycles. The van der Waals surface area contributed by atoms with Crippen molar-refractivity contribution in [1.29, 1.82) is 0 Å². The molecule has 0 atom stereocenters. The van der Waals surface area contributed by atoms with Crippen molar-refractivity contribution in [2.75, 3.05) is 21.2 Å². The van der Waals surface area contributed by atoms with Gasteiger partial charge in [-0.15, -0.1) is 0 Å². The van der Waals surface area contributed by atoms with Crippen molar-refractivity contribution in [2.24, 2.45) is 0 Å². The molecule has 1 aliphatic rings. The highest BCUT2D eigenvalue weighted by Crippen LogP contribution is 2.42. The van der Waals surface area contributed by atoms with Crippen LogP contribution in [0.5, 0.6) is 0 Å². The molecule has 0 saturated heterocycles. The number of rotatable bonds is 3. The van der Waals surface area contributed by atoms with Crippen LogP contribution in [0.4, 0.5) is 4.79 Å². The van der Waals surface area contributed by atoms with Gasteiger partial charge in [-0.05, 0) is 12.8 Å². The molecule has 1 N–H and O–H groups in total. The molecule has 1 saturated carbocycles. The Bertz CT molecular complexity index is 262. The van der Waals surface area contributed by atoms with Gasteiger partial charge >= 0.3 is 6.09 Å². The Kier molecular flexibility index (Phi) is 2.66. The molecule has 14 heavy (non-hydrogen) atoms. The van der Waals surface area contributed by atoms with Crippen LogP contribution in [0, 0.1) is 0 Å². The van der Waals surface area contributed by atoms with Gasteiger partial charge in [0.05, 0.1) is 7.11 Å². The molecule has 6 heteroatoms. The lowest BCUT2D eigenvalue weighted by molar-refractivity contribution is -0.175. The average Bonchev–Trinajstić information content (AvgIpc) is 2.95. The summed E-state index contributed by atoms with van der Waals surface area (Å²) in [5, 5.41) is 9.84. The van der Waals surface area contributed by atoms with Gasteiger partial charge in [0.1, 0.15) is 5.54 Å². The topological polar surface area (TPSA) is 70.1 Å². The molecule has 0 radical (unpaired) electrons. The van der Waals surface area contributed by atoms with E-state index in [1.807, 2.05) is 0 Å². The fourth-order valence-corrected chi connectivity index (χ4v) is 1.37. The van der Waals surface area contributed by atoms with Crippen LogP contribution < -0.4 is 0 Å². The van der Waals surface area contributed by atoms with Crippen molar-refractivity contribution in [3.63, 3.8) is 0 Å². The fraction of sp³-hybridized carbons (Fsp3) is 0.750. The smallest absolute Gasteiger partial charge is 0.407 e. The lowest BCUT2D eigenvalue weighted by Gasteiger charge is -2.27. The molecule has 0 heterocycles. The minimum Gasteiger partial charge on any atom is -0.465 e. The van der Waals surface area contributed by atoms with E-state index in [0.29, 0.717) is 12.8 Å². The summed E-state index contributed by atoms with van der Waals surface area (Å²) < 4.78 is 0. The van der Waals surface area contributed by atoms with Crippen molar-refractivity contribution >= 4 is 12.0 Å². The second kappa shape index (κ2) is 3.45. The molecule has 0 aromatic rings. The number of nitrogens with zero attached hydrogens (tertiary/aromatic N) is 2. The van der Waals surface area contributed by atoms with Gasteiger partial charge in [0.2, 0.25) is 0 Å². The third-order valence-corrected chi connectivity index (χ3v) is 2.61. The number of carboxylic acid groups (broad SMARTS) is 1. The normalized spacial score (nSPS) is 17.4. The maximum Gasteiger partial charge on any atom is 0.407 e. The van der Waals surface area contributed by atoms with E-state index >= 15 is 0 Å². The first-order valence-corrected chi connectivity index (χ1v) is 4.25. The molecular formula is C8H14N2O4. The molecule has 0 unspecified atom stereocenters. The summed E-state index contributed by atoms with van der Waals surface area (Å²) in [5.41, 5.74) is -0.892. The van der Waals surface area contributed by atoms with E-state index in [1.165, 1.54) is 21.2 Å². The van der Waals surface area contributed by atoms with Crippen molar-refractivity contribution in [2.45, 2.75) is 18.4 Å². The van der Waals surface area contributed by atoms with E-state index in [1.54, 1.807) is 0 Å². The fourth-order valence-electron chi connectivity index (χ4n) is 1.37. The Morgan fingerprint density at radius 1 is 1.36 bits per heavy atom. The number of carbonyl (C=O) groups is 2. The first kappa shape index (κ1) is 10.8. The van der Waals surface area contributed by atoms with Crippen molar-refractivity contribution < 1.29 is 19.5 Å². The molecule has 1 fully saturated rings. The van der Waals surface area contributed by atoms with E-state index in [0.717, 1.165) is 9.96 Å². The summed E-state index contributed by atoms with van der Waals surface area (Å²) in [6.07, 6.45) is 0.0188. The van der Waals surface area contributed by atoms with Crippen molar-refractivity contribution in [3.05, 3.63) is 0 Å². The summed E-state index contributed by atoms with van der Waals surface area (Å²) >= 11 is 0. The van der Waals surface area contributed by atoms with Gasteiger partial charge in [-0.2, -0.15) is 0 Å². The maximum absolute atomic E-state index is 11.7.